The highest BCUT2D eigenvalue weighted by Crippen LogP contribution is 2.36. The van der Waals surface area contributed by atoms with Gasteiger partial charge in [-0.2, -0.15) is 4.98 Å². The second kappa shape index (κ2) is 7.68. The second-order valence-corrected chi connectivity index (χ2v) is 8.81. The van der Waals surface area contributed by atoms with Gasteiger partial charge < -0.3 is 15.2 Å². The lowest BCUT2D eigenvalue weighted by atomic mass is 10.0. The van der Waals surface area contributed by atoms with E-state index in [2.05, 4.69) is 34.1 Å². The van der Waals surface area contributed by atoms with Crippen LogP contribution in [0.5, 0.6) is 11.8 Å². The van der Waals surface area contributed by atoms with Gasteiger partial charge in [-0.1, -0.05) is 6.07 Å². The number of phenols is 1. The van der Waals surface area contributed by atoms with Gasteiger partial charge in [0.25, 0.3) is 6.01 Å². The first-order valence-corrected chi connectivity index (χ1v) is 10.6. The highest BCUT2D eigenvalue weighted by atomic mass is 19.1. The first-order chi connectivity index (χ1) is 15.7. The van der Waals surface area contributed by atoms with Gasteiger partial charge in [0.15, 0.2) is 17.0 Å². The molecule has 3 heterocycles. The van der Waals surface area contributed by atoms with Crippen LogP contribution in [0.3, 0.4) is 0 Å². The number of hydrogen-bond donors (Lipinski definition) is 2. The van der Waals surface area contributed by atoms with Crippen LogP contribution in [0.4, 0.5) is 14.6 Å². The van der Waals surface area contributed by atoms with Gasteiger partial charge in [0.2, 0.25) is 0 Å². The maximum absolute atomic E-state index is 13.6. The van der Waals surface area contributed by atoms with E-state index in [1.165, 1.54) is 18.2 Å². The van der Waals surface area contributed by atoms with Crippen LogP contribution in [-0.4, -0.2) is 37.8 Å². The zero-order valence-electron chi connectivity index (χ0n) is 18.5. The van der Waals surface area contributed by atoms with Crippen molar-refractivity contribution in [1.82, 2.24) is 19.5 Å². The van der Waals surface area contributed by atoms with Crippen molar-refractivity contribution in [2.24, 2.45) is 0 Å². The minimum absolute atomic E-state index is 0.0417. The molecule has 2 N–H and O–H groups in total. The monoisotopic (exact) mass is 451 g/mol. The van der Waals surface area contributed by atoms with Gasteiger partial charge in [0.05, 0.1) is 5.54 Å². The number of halogens is 2. The van der Waals surface area contributed by atoms with E-state index in [1.54, 1.807) is 12.1 Å². The molecule has 2 aromatic heterocycles. The van der Waals surface area contributed by atoms with Gasteiger partial charge in [-0.25, -0.2) is 18.7 Å². The molecule has 170 valence electrons. The number of aryl methyl sites for hydroxylation is 1. The molecule has 1 aliphatic rings. The fourth-order valence-corrected chi connectivity index (χ4v) is 4.12. The number of hydrogen-bond acceptors (Lipinski definition) is 6. The van der Waals surface area contributed by atoms with E-state index < -0.39 is 11.6 Å². The third kappa shape index (κ3) is 3.83. The summed E-state index contributed by atoms with van der Waals surface area (Å²) in [6.07, 6.45) is 0.588. The van der Waals surface area contributed by atoms with Crippen molar-refractivity contribution < 1.29 is 18.6 Å². The molecule has 0 bridgehead atoms. The van der Waals surface area contributed by atoms with Crippen LogP contribution >= 0.6 is 0 Å². The lowest BCUT2D eigenvalue weighted by Gasteiger charge is -2.18. The van der Waals surface area contributed by atoms with Crippen LogP contribution in [0.25, 0.3) is 22.3 Å². The molecule has 0 spiro atoms. The number of nitrogens with zero attached hydrogens (tertiary/aromatic N) is 4. The summed E-state index contributed by atoms with van der Waals surface area (Å²) in [4.78, 5) is 13.7. The summed E-state index contributed by atoms with van der Waals surface area (Å²) >= 11 is 0. The molecule has 0 fully saturated rings. The number of phenolic OH excluding ortho intramolecular Hbond substituents is 1. The Kier molecular flexibility index (Phi) is 4.92. The Hall–Kier alpha value is -3.75. The molecule has 1 aliphatic heterocycles. The Morgan fingerprint density at radius 2 is 1.85 bits per heavy atom. The fraction of sp³-hybridized carbons (Fsp3) is 0.292. The maximum atomic E-state index is 13.6. The smallest absolute Gasteiger partial charge is 0.299 e. The largest absolute Gasteiger partial charge is 0.507 e. The number of imidazole rings is 1. The maximum Gasteiger partial charge on any atom is 0.299 e. The van der Waals surface area contributed by atoms with Crippen molar-refractivity contribution in [3.8, 4) is 22.9 Å². The Bertz CT molecular complexity index is 1360. The number of aromatic hydroxyl groups is 1. The third-order valence-electron chi connectivity index (χ3n) is 5.69. The van der Waals surface area contributed by atoms with Crippen LogP contribution in [-0.2, 0) is 12.0 Å². The van der Waals surface area contributed by atoms with Crippen LogP contribution < -0.4 is 10.1 Å². The molecule has 0 aliphatic carbocycles. The zero-order valence-corrected chi connectivity index (χ0v) is 18.5. The van der Waals surface area contributed by atoms with Gasteiger partial charge in [0.1, 0.15) is 29.8 Å². The Balaban J connectivity index is 1.39. The predicted molar refractivity (Wildman–Crippen MR) is 121 cm³/mol. The number of aromatic nitrogens is 4. The van der Waals surface area contributed by atoms with E-state index >= 15 is 0 Å². The number of benzene rings is 2. The molecule has 4 aromatic rings. The summed E-state index contributed by atoms with van der Waals surface area (Å²) in [5.74, 6) is -0.196. The Morgan fingerprint density at radius 1 is 1.09 bits per heavy atom. The van der Waals surface area contributed by atoms with E-state index in [1.807, 2.05) is 11.5 Å². The van der Waals surface area contributed by atoms with E-state index in [4.69, 9.17) is 4.74 Å². The minimum Gasteiger partial charge on any atom is -0.507 e. The SMILES string of the molecule is Cc1nc(NCCc2ccc(O)c(-c3cc(F)cc(F)c3)c2)c2nc3n(c2n1)C(C)(C)CO3. The zero-order chi connectivity index (χ0) is 23.3. The van der Waals surface area contributed by atoms with Crippen molar-refractivity contribution in [3.05, 3.63) is 59.4 Å². The van der Waals surface area contributed by atoms with E-state index in [0.29, 0.717) is 48.3 Å². The van der Waals surface area contributed by atoms with Crippen LogP contribution in [0.2, 0.25) is 0 Å². The molecular weight excluding hydrogens is 428 g/mol. The second-order valence-electron chi connectivity index (χ2n) is 8.81. The molecule has 33 heavy (non-hydrogen) atoms. The van der Waals surface area contributed by atoms with Crippen molar-refractivity contribution >= 4 is 17.0 Å². The molecule has 0 unspecified atom stereocenters. The molecule has 7 nitrogen and oxygen atoms in total. The van der Waals surface area contributed by atoms with Crippen LogP contribution in [0.15, 0.2) is 36.4 Å². The summed E-state index contributed by atoms with van der Waals surface area (Å²) < 4.78 is 35.0. The fourth-order valence-electron chi connectivity index (χ4n) is 4.12. The highest BCUT2D eigenvalue weighted by molar-refractivity contribution is 5.84. The van der Waals surface area contributed by atoms with Gasteiger partial charge >= 0.3 is 0 Å². The van der Waals surface area contributed by atoms with Gasteiger partial charge in [-0.3, -0.25) is 4.57 Å². The van der Waals surface area contributed by atoms with Crippen molar-refractivity contribution in [2.75, 3.05) is 18.5 Å². The van der Waals surface area contributed by atoms with Crippen molar-refractivity contribution in [3.63, 3.8) is 0 Å². The number of anilines is 1. The van der Waals surface area contributed by atoms with Crippen molar-refractivity contribution in [1.29, 1.82) is 0 Å². The molecule has 0 radical (unpaired) electrons. The molecule has 0 saturated carbocycles. The average molecular weight is 451 g/mol. The molecule has 0 saturated heterocycles. The minimum atomic E-state index is -0.696. The van der Waals surface area contributed by atoms with Gasteiger partial charge in [0, 0.05) is 18.2 Å². The van der Waals surface area contributed by atoms with Crippen LogP contribution in [0, 0.1) is 18.6 Å². The molecule has 0 amide bonds. The van der Waals surface area contributed by atoms with E-state index in [9.17, 15) is 13.9 Å². The average Bonchev–Trinajstić information content (AvgIpc) is 3.26. The normalized spacial score (nSPS) is 14.3. The Morgan fingerprint density at radius 3 is 2.61 bits per heavy atom. The first-order valence-electron chi connectivity index (χ1n) is 10.6. The predicted octanol–water partition coefficient (Wildman–Crippen LogP) is 4.57. The first kappa shape index (κ1) is 21.1. The Labute approximate surface area is 189 Å². The third-order valence-corrected chi connectivity index (χ3v) is 5.69. The quantitative estimate of drug-likeness (QED) is 0.463. The summed E-state index contributed by atoms with van der Waals surface area (Å²) in [7, 11) is 0. The summed E-state index contributed by atoms with van der Waals surface area (Å²) in [5, 5.41) is 13.5. The number of nitrogens with one attached hydrogen (secondary N) is 1. The number of rotatable bonds is 5. The molecule has 9 heteroatoms. The lowest BCUT2D eigenvalue weighted by Crippen LogP contribution is -2.26. The summed E-state index contributed by atoms with van der Waals surface area (Å²) in [5.41, 5.74) is 2.66. The summed E-state index contributed by atoms with van der Waals surface area (Å²) in [6.45, 7) is 7.04. The van der Waals surface area contributed by atoms with E-state index in [0.717, 1.165) is 17.3 Å². The highest BCUT2D eigenvalue weighted by Gasteiger charge is 2.35. The van der Waals surface area contributed by atoms with Crippen LogP contribution in [0.1, 0.15) is 25.2 Å². The number of fused-ring (bicyclic) bond motifs is 3. The summed E-state index contributed by atoms with van der Waals surface area (Å²) in [6, 6.07) is 8.76. The van der Waals surface area contributed by atoms with Gasteiger partial charge in [-0.05, 0) is 62.6 Å². The molecular formula is C24H23F2N5O2. The molecule has 2 aromatic carbocycles. The topological polar surface area (TPSA) is 85.1 Å². The van der Waals surface area contributed by atoms with Gasteiger partial charge in [-0.15, -0.1) is 0 Å². The lowest BCUT2D eigenvalue weighted by molar-refractivity contribution is 0.268. The van der Waals surface area contributed by atoms with E-state index in [-0.39, 0.29) is 16.9 Å². The number of ether oxygens (including phenoxy) is 1. The standard InChI is InChI=1S/C24H23F2N5O2/c1-13-28-21(20-22(29-13)31-23(30-20)33-12-24(31,2)3)27-7-6-14-4-5-19(32)18(8-14)15-9-16(25)11-17(26)10-15/h4-5,8-11,32H,6-7,12H2,1-3H3,(H,27,28,29). The molecule has 0 atom stereocenters. The van der Waals surface area contributed by atoms with Crippen molar-refractivity contribution in [2.45, 2.75) is 32.7 Å². The molecule has 5 rings (SSSR count).